The number of urea groups is 1. The number of aromatic nitrogens is 2. The van der Waals surface area contributed by atoms with E-state index in [9.17, 15) is 9.59 Å². The van der Waals surface area contributed by atoms with Crippen LogP contribution in [0.25, 0.3) is 11.3 Å². The number of hydrogen-bond acceptors (Lipinski definition) is 6. The highest BCUT2D eigenvalue weighted by Gasteiger charge is 2.28. The molecule has 4 rings (SSSR count). The Bertz CT molecular complexity index is 975. The van der Waals surface area contributed by atoms with Gasteiger partial charge in [0.1, 0.15) is 6.54 Å². The van der Waals surface area contributed by atoms with Crippen molar-refractivity contribution in [3.05, 3.63) is 41.4 Å². The van der Waals surface area contributed by atoms with Gasteiger partial charge in [-0.05, 0) is 38.0 Å². The normalized spacial score (nSPS) is 18.1. The van der Waals surface area contributed by atoms with Gasteiger partial charge in [-0.2, -0.15) is 0 Å². The lowest BCUT2D eigenvalue weighted by Crippen LogP contribution is -2.54. The molecule has 34 heavy (non-hydrogen) atoms. The smallest absolute Gasteiger partial charge is 0.317 e. The third-order valence-corrected chi connectivity index (χ3v) is 6.48. The summed E-state index contributed by atoms with van der Waals surface area (Å²) in [7, 11) is 0. The first kappa shape index (κ1) is 24.2. The van der Waals surface area contributed by atoms with Gasteiger partial charge < -0.3 is 24.8 Å². The molecule has 10 heteroatoms. The quantitative estimate of drug-likeness (QED) is 0.647. The summed E-state index contributed by atoms with van der Waals surface area (Å²) in [4.78, 5) is 31.0. The second kappa shape index (κ2) is 11.5. The molecule has 0 saturated carbocycles. The fourth-order valence-corrected chi connectivity index (χ4v) is 4.50. The summed E-state index contributed by atoms with van der Waals surface area (Å²) in [6, 6.07) is 11.2. The number of amides is 3. The molecule has 1 atom stereocenters. The van der Waals surface area contributed by atoms with Gasteiger partial charge in [0.05, 0.1) is 16.8 Å². The Labute approximate surface area is 205 Å². The topological polar surface area (TPSA) is 90.9 Å². The minimum atomic E-state index is -0.223. The first-order chi connectivity index (χ1) is 16.5. The number of hydrogen-bond donors (Lipinski definition) is 1. The van der Waals surface area contributed by atoms with Crippen LogP contribution in [0.4, 0.5) is 10.6 Å². The number of nitrogens with zero attached hydrogens (tertiary/aromatic N) is 5. The molecule has 0 bridgehead atoms. The number of halogens is 1. The first-order valence-electron chi connectivity index (χ1n) is 11.8. The lowest BCUT2D eigenvalue weighted by atomic mass is 10.1. The van der Waals surface area contributed by atoms with Gasteiger partial charge >= 0.3 is 6.03 Å². The van der Waals surface area contributed by atoms with E-state index in [0.717, 1.165) is 29.9 Å². The summed E-state index contributed by atoms with van der Waals surface area (Å²) in [6.45, 7) is 6.02. The van der Waals surface area contributed by atoms with Crippen molar-refractivity contribution < 1.29 is 14.3 Å². The standard InChI is InChI=1S/C24H31ClN6O3/c1-2-26-24(33)31(16-18-6-5-15-34-18)17-23(32)30-13-11-29(12-14-30)22-10-9-21(27-28-22)19-7-3-4-8-20(19)25/h3-4,7-10,18H,2,5-6,11-17H2,1H3,(H,26,33)/t18-/m0/s1. The maximum Gasteiger partial charge on any atom is 0.317 e. The number of rotatable bonds is 7. The van der Waals surface area contributed by atoms with E-state index in [1.54, 1.807) is 4.90 Å². The average Bonchev–Trinajstić information content (AvgIpc) is 3.37. The lowest BCUT2D eigenvalue weighted by Gasteiger charge is -2.36. The predicted molar refractivity (Wildman–Crippen MR) is 131 cm³/mol. The summed E-state index contributed by atoms with van der Waals surface area (Å²) in [5.74, 6) is 0.717. The summed E-state index contributed by atoms with van der Waals surface area (Å²) >= 11 is 6.26. The third-order valence-electron chi connectivity index (χ3n) is 6.15. The largest absolute Gasteiger partial charge is 0.376 e. The van der Waals surface area contributed by atoms with Crippen molar-refractivity contribution >= 4 is 29.4 Å². The molecule has 0 unspecified atom stereocenters. The van der Waals surface area contributed by atoms with Crippen molar-refractivity contribution in [3.8, 4) is 11.3 Å². The van der Waals surface area contributed by atoms with Crippen LogP contribution >= 0.6 is 11.6 Å². The van der Waals surface area contributed by atoms with Gasteiger partial charge in [-0.25, -0.2) is 4.79 Å². The number of piperazine rings is 1. The number of ether oxygens (including phenoxy) is 1. The van der Waals surface area contributed by atoms with E-state index in [2.05, 4.69) is 20.4 Å². The molecule has 0 aliphatic carbocycles. The van der Waals surface area contributed by atoms with Crippen molar-refractivity contribution in [3.63, 3.8) is 0 Å². The highest BCUT2D eigenvalue weighted by atomic mass is 35.5. The molecular formula is C24H31ClN6O3. The van der Waals surface area contributed by atoms with E-state index in [1.165, 1.54) is 0 Å². The van der Waals surface area contributed by atoms with Crippen molar-refractivity contribution in [2.24, 2.45) is 0 Å². The lowest BCUT2D eigenvalue weighted by molar-refractivity contribution is -0.132. The van der Waals surface area contributed by atoms with Crippen molar-refractivity contribution in [2.45, 2.75) is 25.9 Å². The molecule has 2 fully saturated rings. The fraction of sp³-hybridized carbons (Fsp3) is 0.500. The zero-order valence-corrected chi connectivity index (χ0v) is 20.2. The van der Waals surface area contributed by atoms with E-state index < -0.39 is 0 Å². The van der Waals surface area contributed by atoms with Crippen LogP contribution in [0.5, 0.6) is 0 Å². The Kier molecular flexibility index (Phi) is 8.18. The molecule has 9 nitrogen and oxygen atoms in total. The monoisotopic (exact) mass is 486 g/mol. The van der Waals surface area contributed by atoms with Crippen LogP contribution in [0.3, 0.4) is 0 Å². The number of benzene rings is 1. The van der Waals surface area contributed by atoms with Crippen LogP contribution in [-0.2, 0) is 9.53 Å². The van der Waals surface area contributed by atoms with Crippen LogP contribution in [0.2, 0.25) is 5.02 Å². The summed E-state index contributed by atoms with van der Waals surface area (Å²) in [5, 5.41) is 12.2. The van der Waals surface area contributed by atoms with Gasteiger partial charge in [0.15, 0.2) is 5.82 Å². The number of carbonyl (C=O) groups is 2. The van der Waals surface area contributed by atoms with Crippen LogP contribution in [0.15, 0.2) is 36.4 Å². The third kappa shape index (κ3) is 5.95. The highest BCUT2D eigenvalue weighted by molar-refractivity contribution is 6.33. The number of anilines is 1. The highest BCUT2D eigenvalue weighted by Crippen LogP contribution is 2.26. The molecule has 3 amide bonds. The SMILES string of the molecule is CCNC(=O)N(CC(=O)N1CCN(c2ccc(-c3ccccc3Cl)nn2)CC1)C[C@@H]1CCCO1. The molecule has 3 heterocycles. The van der Waals surface area contributed by atoms with Gasteiger partial charge in [0.2, 0.25) is 5.91 Å². The van der Waals surface area contributed by atoms with Gasteiger partial charge in [0, 0.05) is 51.4 Å². The van der Waals surface area contributed by atoms with Gasteiger partial charge in [0.25, 0.3) is 0 Å². The van der Waals surface area contributed by atoms with Crippen LogP contribution in [0.1, 0.15) is 19.8 Å². The van der Waals surface area contributed by atoms with E-state index >= 15 is 0 Å². The molecule has 1 N–H and O–H groups in total. The number of carbonyl (C=O) groups excluding carboxylic acids is 2. The minimum Gasteiger partial charge on any atom is -0.376 e. The molecule has 2 aromatic rings. The zero-order chi connectivity index (χ0) is 23.9. The Morgan fingerprint density at radius 2 is 1.94 bits per heavy atom. The second-order valence-corrected chi connectivity index (χ2v) is 8.88. The predicted octanol–water partition coefficient (Wildman–Crippen LogP) is 2.66. The van der Waals surface area contributed by atoms with Crippen molar-refractivity contribution in [1.29, 1.82) is 0 Å². The Morgan fingerprint density at radius 1 is 1.15 bits per heavy atom. The Hall–Kier alpha value is -2.91. The van der Waals surface area contributed by atoms with Crippen molar-refractivity contribution in [2.75, 3.05) is 57.3 Å². The fourth-order valence-electron chi connectivity index (χ4n) is 4.27. The maximum absolute atomic E-state index is 13.0. The molecule has 182 valence electrons. The molecule has 2 aliphatic rings. The molecular weight excluding hydrogens is 456 g/mol. The summed E-state index contributed by atoms with van der Waals surface area (Å²) in [5.41, 5.74) is 1.57. The molecule has 1 aromatic heterocycles. The maximum atomic E-state index is 13.0. The number of nitrogens with one attached hydrogen (secondary N) is 1. The van der Waals surface area contributed by atoms with Crippen LogP contribution < -0.4 is 10.2 Å². The van der Waals surface area contributed by atoms with E-state index in [1.807, 2.05) is 48.2 Å². The van der Waals surface area contributed by atoms with Gasteiger partial charge in [-0.3, -0.25) is 4.79 Å². The van der Waals surface area contributed by atoms with E-state index in [4.69, 9.17) is 16.3 Å². The van der Waals surface area contributed by atoms with Gasteiger partial charge in [-0.15, -0.1) is 10.2 Å². The summed E-state index contributed by atoms with van der Waals surface area (Å²) < 4.78 is 5.67. The summed E-state index contributed by atoms with van der Waals surface area (Å²) in [6.07, 6.45) is 1.91. The molecule has 1 aromatic carbocycles. The Morgan fingerprint density at radius 3 is 2.59 bits per heavy atom. The first-order valence-corrected chi connectivity index (χ1v) is 12.2. The van der Waals surface area contributed by atoms with E-state index in [0.29, 0.717) is 50.9 Å². The molecule has 0 spiro atoms. The second-order valence-electron chi connectivity index (χ2n) is 8.48. The molecule has 2 aliphatic heterocycles. The molecule has 2 saturated heterocycles. The Balaban J connectivity index is 1.32. The zero-order valence-electron chi connectivity index (χ0n) is 19.5. The van der Waals surface area contributed by atoms with Crippen molar-refractivity contribution in [1.82, 2.24) is 25.3 Å². The average molecular weight is 487 g/mol. The minimum absolute atomic E-state index is 0.000401. The van der Waals surface area contributed by atoms with Gasteiger partial charge in [-0.1, -0.05) is 29.8 Å². The van der Waals surface area contributed by atoms with E-state index in [-0.39, 0.29) is 24.6 Å². The molecule has 0 radical (unpaired) electrons. The van der Waals surface area contributed by atoms with Crippen LogP contribution in [0, 0.1) is 0 Å². The van der Waals surface area contributed by atoms with Crippen LogP contribution in [-0.4, -0.2) is 90.5 Å².